The average molecular weight is 191 g/mol. The summed E-state index contributed by atoms with van der Waals surface area (Å²) in [5.41, 5.74) is 0.749. The van der Waals surface area contributed by atoms with E-state index < -0.39 is 0 Å². The zero-order chi connectivity index (χ0) is 10.1. The summed E-state index contributed by atoms with van der Waals surface area (Å²) in [6.45, 7) is 0. The molecule has 0 atom stereocenters. The quantitative estimate of drug-likeness (QED) is 0.665. The summed E-state index contributed by atoms with van der Waals surface area (Å²) in [5, 5.41) is 2.48. The molecule has 2 heterocycles. The average Bonchev–Trinajstić information content (AvgIpc) is 2.62. The van der Waals surface area contributed by atoms with E-state index in [1.165, 1.54) is 19.2 Å². The largest absolute Gasteiger partial charge is 0.354 e. The lowest BCUT2D eigenvalue weighted by molar-refractivity contribution is 0.0957. The van der Waals surface area contributed by atoms with E-state index >= 15 is 0 Å². The van der Waals surface area contributed by atoms with Crippen LogP contribution in [0.25, 0.3) is 5.65 Å². The van der Waals surface area contributed by atoms with Crippen LogP contribution in [0.2, 0.25) is 0 Å². The molecule has 0 saturated heterocycles. The van der Waals surface area contributed by atoms with Crippen molar-refractivity contribution in [2.24, 2.45) is 0 Å². The summed E-state index contributed by atoms with van der Waals surface area (Å²) in [5.74, 6) is -0.280. The molecule has 0 spiro atoms. The maximum absolute atomic E-state index is 11.4. The Kier molecular flexibility index (Phi) is 1.85. The number of aromatic nitrogens is 2. The Morgan fingerprint density at radius 3 is 3.00 bits per heavy atom. The first-order valence-electron chi connectivity index (χ1n) is 4.14. The van der Waals surface area contributed by atoms with Crippen LogP contribution in [0, 0.1) is 0 Å². The molecule has 1 amide bonds. The van der Waals surface area contributed by atoms with E-state index in [4.69, 9.17) is 0 Å². The van der Waals surface area contributed by atoms with E-state index in [9.17, 15) is 9.59 Å². The molecule has 2 aromatic heterocycles. The van der Waals surface area contributed by atoms with Crippen molar-refractivity contribution < 1.29 is 4.79 Å². The van der Waals surface area contributed by atoms with E-state index in [0.29, 0.717) is 11.3 Å². The first kappa shape index (κ1) is 8.55. The van der Waals surface area contributed by atoms with Crippen molar-refractivity contribution in [3.63, 3.8) is 0 Å². The van der Waals surface area contributed by atoms with Gasteiger partial charge in [0.2, 0.25) is 0 Å². The molecule has 2 rings (SSSR count). The fraction of sp³-hybridized carbons (Fsp3) is 0.111. The Morgan fingerprint density at radius 1 is 1.50 bits per heavy atom. The molecule has 72 valence electrons. The highest BCUT2D eigenvalue weighted by Gasteiger charge is 2.08. The molecular weight excluding hydrogens is 182 g/mol. The van der Waals surface area contributed by atoms with Crippen LogP contribution in [0.4, 0.5) is 0 Å². The number of nitrogens with one attached hydrogen (secondary N) is 2. The van der Waals surface area contributed by atoms with Crippen molar-refractivity contribution >= 4 is 11.6 Å². The van der Waals surface area contributed by atoms with Crippen LogP contribution >= 0.6 is 0 Å². The second kappa shape index (κ2) is 3.02. The number of hydrogen-bond acceptors (Lipinski definition) is 2. The Balaban J connectivity index is 2.79. The Morgan fingerprint density at radius 2 is 2.29 bits per heavy atom. The van der Waals surface area contributed by atoms with Crippen LogP contribution in [0.5, 0.6) is 0 Å². The Bertz CT molecular complexity index is 538. The van der Waals surface area contributed by atoms with Crippen molar-refractivity contribution in [3.05, 3.63) is 40.4 Å². The number of H-pyrrole nitrogens is 1. The number of carbonyl (C=O) groups is 1. The molecule has 0 aromatic carbocycles. The normalized spacial score (nSPS) is 10.4. The van der Waals surface area contributed by atoms with Gasteiger partial charge in [-0.05, 0) is 0 Å². The number of fused-ring (bicyclic) bond motifs is 1. The third kappa shape index (κ3) is 1.19. The molecule has 5 heteroatoms. The molecule has 0 fully saturated rings. The topological polar surface area (TPSA) is 66.4 Å². The fourth-order valence-electron chi connectivity index (χ4n) is 1.35. The maximum atomic E-state index is 11.4. The molecule has 0 radical (unpaired) electrons. The van der Waals surface area contributed by atoms with Crippen LogP contribution in [0.3, 0.4) is 0 Å². The summed E-state index contributed by atoms with van der Waals surface area (Å²) < 4.78 is 1.63. The van der Waals surface area contributed by atoms with Gasteiger partial charge in [-0.2, -0.15) is 0 Å². The Hall–Kier alpha value is -2.04. The molecule has 0 aliphatic heterocycles. The molecule has 5 nitrogen and oxygen atoms in total. The number of amides is 1. The lowest BCUT2D eigenvalue weighted by Gasteiger charge is -2.02. The fourth-order valence-corrected chi connectivity index (χ4v) is 1.35. The molecule has 0 aliphatic rings. The molecule has 14 heavy (non-hydrogen) atoms. The number of carbonyl (C=O) groups excluding carboxylic acids is 1. The number of aromatic amines is 1. The summed E-state index contributed by atoms with van der Waals surface area (Å²) in [4.78, 5) is 25.5. The van der Waals surface area contributed by atoms with Gasteiger partial charge in [-0.25, -0.2) is 0 Å². The Labute approximate surface area is 79.4 Å². The summed E-state index contributed by atoms with van der Waals surface area (Å²) in [6, 6.07) is 2.74. The van der Waals surface area contributed by atoms with E-state index in [1.54, 1.807) is 16.8 Å². The SMILES string of the molecule is CNC(=O)c1cc(=O)cc2[nH]ccn12. The lowest BCUT2D eigenvalue weighted by atomic mass is 10.3. The predicted octanol–water partition coefficient (Wildman–Crippen LogP) is -0.0128. The maximum Gasteiger partial charge on any atom is 0.268 e. The summed E-state index contributed by atoms with van der Waals surface area (Å²) >= 11 is 0. The van der Waals surface area contributed by atoms with Gasteiger partial charge in [-0.1, -0.05) is 0 Å². The van der Waals surface area contributed by atoms with E-state index in [1.807, 2.05) is 0 Å². The number of pyridine rings is 1. The van der Waals surface area contributed by atoms with Crippen molar-refractivity contribution in [2.75, 3.05) is 7.05 Å². The van der Waals surface area contributed by atoms with E-state index in [-0.39, 0.29) is 11.3 Å². The highest BCUT2D eigenvalue weighted by Crippen LogP contribution is 2.01. The summed E-state index contributed by atoms with van der Waals surface area (Å²) in [7, 11) is 1.53. The van der Waals surface area contributed by atoms with Crippen molar-refractivity contribution in [1.29, 1.82) is 0 Å². The molecule has 0 bridgehead atoms. The number of imidazole rings is 1. The monoisotopic (exact) mass is 191 g/mol. The van der Waals surface area contributed by atoms with Crippen LogP contribution < -0.4 is 10.7 Å². The summed E-state index contributed by atoms with van der Waals surface area (Å²) in [6.07, 6.45) is 3.36. The van der Waals surface area contributed by atoms with Gasteiger partial charge in [-0.3, -0.25) is 14.0 Å². The number of hydrogen-bond donors (Lipinski definition) is 2. The van der Waals surface area contributed by atoms with Crippen LogP contribution in [-0.2, 0) is 0 Å². The molecule has 0 unspecified atom stereocenters. The minimum atomic E-state index is -0.280. The van der Waals surface area contributed by atoms with Gasteiger partial charge in [0.05, 0.1) is 0 Å². The van der Waals surface area contributed by atoms with Crippen LogP contribution in [0.1, 0.15) is 10.5 Å². The zero-order valence-electron chi connectivity index (χ0n) is 7.57. The smallest absolute Gasteiger partial charge is 0.268 e. The zero-order valence-corrected chi connectivity index (χ0v) is 7.57. The van der Waals surface area contributed by atoms with E-state index in [0.717, 1.165) is 0 Å². The van der Waals surface area contributed by atoms with Gasteiger partial charge in [0, 0.05) is 31.6 Å². The third-order valence-electron chi connectivity index (χ3n) is 1.99. The van der Waals surface area contributed by atoms with Gasteiger partial charge in [-0.15, -0.1) is 0 Å². The number of rotatable bonds is 1. The van der Waals surface area contributed by atoms with Crippen molar-refractivity contribution in [1.82, 2.24) is 14.7 Å². The molecule has 2 aromatic rings. The standard InChI is InChI=1S/C9H9N3O2/c1-10-9(14)7-4-6(13)5-8-11-2-3-12(7)8/h2-5,11H,1H3,(H,10,14). The van der Waals surface area contributed by atoms with Crippen molar-refractivity contribution in [3.8, 4) is 0 Å². The van der Waals surface area contributed by atoms with Gasteiger partial charge in [0.1, 0.15) is 11.3 Å². The first-order valence-corrected chi connectivity index (χ1v) is 4.14. The van der Waals surface area contributed by atoms with Crippen LogP contribution in [-0.4, -0.2) is 22.3 Å². The third-order valence-corrected chi connectivity index (χ3v) is 1.99. The lowest BCUT2D eigenvalue weighted by Crippen LogP contribution is -2.22. The minimum absolute atomic E-state index is 0.189. The molecule has 0 saturated carbocycles. The minimum Gasteiger partial charge on any atom is -0.354 e. The van der Waals surface area contributed by atoms with Gasteiger partial charge >= 0.3 is 0 Å². The molecule has 0 aliphatic carbocycles. The highest BCUT2D eigenvalue weighted by molar-refractivity contribution is 5.92. The van der Waals surface area contributed by atoms with Gasteiger partial charge in [0.25, 0.3) is 5.91 Å². The van der Waals surface area contributed by atoms with Crippen molar-refractivity contribution in [2.45, 2.75) is 0 Å². The van der Waals surface area contributed by atoms with E-state index in [2.05, 4.69) is 10.3 Å². The molecular formula is C9H9N3O2. The second-order valence-electron chi connectivity index (χ2n) is 2.87. The highest BCUT2D eigenvalue weighted by atomic mass is 16.2. The number of nitrogens with zero attached hydrogens (tertiary/aromatic N) is 1. The van der Waals surface area contributed by atoms with Gasteiger partial charge < -0.3 is 10.3 Å². The predicted molar refractivity (Wildman–Crippen MR) is 51.4 cm³/mol. The van der Waals surface area contributed by atoms with Gasteiger partial charge in [0.15, 0.2) is 5.43 Å². The first-order chi connectivity index (χ1) is 6.72. The molecule has 2 N–H and O–H groups in total. The second-order valence-corrected chi connectivity index (χ2v) is 2.87. The van der Waals surface area contributed by atoms with Crippen LogP contribution in [0.15, 0.2) is 29.3 Å².